The molecule has 3 aromatic rings. The van der Waals surface area contributed by atoms with Crippen molar-refractivity contribution < 1.29 is 4.79 Å². The van der Waals surface area contributed by atoms with Crippen LogP contribution in [0.2, 0.25) is 5.02 Å². The van der Waals surface area contributed by atoms with E-state index in [0.29, 0.717) is 18.0 Å². The van der Waals surface area contributed by atoms with E-state index < -0.39 is 5.54 Å². The SMILES string of the molecule is N=C1NC(c2cccc(-c3cccc(Cl)c3)c2)(C2CC2)C(=O)N1CCc1cccnc1. The Morgan fingerprint density at radius 1 is 1.10 bits per heavy atom. The second-order valence-electron chi connectivity index (χ2n) is 8.22. The summed E-state index contributed by atoms with van der Waals surface area (Å²) in [6, 6.07) is 19.7. The molecule has 0 bridgehead atoms. The van der Waals surface area contributed by atoms with Gasteiger partial charge in [0.1, 0.15) is 5.54 Å². The van der Waals surface area contributed by atoms with Gasteiger partial charge in [0.15, 0.2) is 5.96 Å². The number of pyridine rings is 1. The quantitative estimate of drug-likeness (QED) is 0.599. The van der Waals surface area contributed by atoms with E-state index in [1.807, 2.05) is 54.6 Å². The molecule has 6 heteroatoms. The number of guanidine groups is 1. The molecular weight excluding hydrogens is 408 g/mol. The Morgan fingerprint density at radius 2 is 1.87 bits per heavy atom. The summed E-state index contributed by atoms with van der Waals surface area (Å²) >= 11 is 6.19. The first-order valence-electron chi connectivity index (χ1n) is 10.5. The highest BCUT2D eigenvalue weighted by molar-refractivity contribution is 6.30. The van der Waals surface area contributed by atoms with E-state index in [-0.39, 0.29) is 17.8 Å². The summed E-state index contributed by atoms with van der Waals surface area (Å²) in [4.78, 5) is 19.5. The van der Waals surface area contributed by atoms with Gasteiger partial charge >= 0.3 is 0 Å². The molecule has 5 nitrogen and oxygen atoms in total. The van der Waals surface area contributed by atoms with E-state index in [9.17, 15) is 4.79 Å². The first kappa shape index (κ1) is 19.8. The summed E-state index contributed by atoms with van der Waals surface area (Å²) in [6.07, 6.45) is 6.15. The fourth-order valence-corrected chi connectivity index (χ4v) is 4.65. The van der Waals surface area contributed by atoms with Crippen LogP contribution in [0, 0.1) is 11.3 Å². The molecule has 1 saturated carbocycles. The van der Waals surface area contributed by atoms with Gasteiger partial charge in [-0.15, -0.1) is 0 Å². The van der Waals surface area contributed by atoms with Crippen molar-refractivity contribution in [3.05, 3.63) is 89.2 Å². The number of nitrogens with one attached hydrogen (secondary N) is 2. The van der Waals surface area contributed by atoms with Gasteiger partial charge in [0.2, 0.25) is 0 Å². The molecule has 2 heterocycles. The van der Waals surface area contributed by atoms with E-state index in [1.54, 1.807) is 17.3 Å². The fourth-order valence-electron chi connectivity index (χ4n) is 4.46. The van der Waals surface area contributed by atoms with Crippen LogP contribution in [0.1, 0.15) is 24.0 Å². The molecule has 2 fully saturated rings. The zero-order valence-electron chi connectivity index (χ0n) is 17.0. The van der Waals surface area contributed by atoms with E-state index in [1.165, 1.54) is 0 Å². The Labute approximate surface area is 186 Å². The normalized spacial score (nSPS) is 20.7. The minimum Gasteiger partial charge on any atom is -0.338 e. The van der Waals surface area contributed by atoms with Crippen molar-refractivity contribution in [1.29, 1.82) is 5.41 Å². The molecule has 1 aliphatic heterocycles. The minimum atomic E-state index is -0.874. The molecule has 1 saturated heterocycles. The van der Waals surface area contributed by atoms with E-state index in [0.717, 1.165) is 35.1 Å². The number of hydrogen-bond donors (Lipinski definition) is 2. The maximum Gasteiger partial charge on any atom is 0.260 e. The molecule has 156 valence electrons. The molecule has 31 heavy (non-hydrogen) atoms. The lowest BCUT2D eigenvalue weighted by Crippen LogP contribution is -2.46. The number of benzene rings is 2. The number of halogens is 1. The molecule has 1 unspecified atom stereocenters. The maximum atomic E-state index is 13.7. The smallest absolute Gasteiger partial charge is 0.260 e. The second-order valence-corrected chi connectivity index (χ2v) is 8.65. The molecule has 2 aliphatic rings. The summed E-state index contributed by atoms with van der Waals surface area (Å²) in [7, 11) is 0. The van der Waals surface area contributed by atoms with Gasteiger partial charge < -0.3 is 5.32 Å². The lowest BCUT2D eigenvalue weighted by molar-refractivity contribution is -0.132. The van der Waals surface area contributed by atoms with Crippen LogP contribution >= 0.6 is 11.6 Å². The van der Waals surface area contributed by atoms with Crippen molar-refractivity contribution in [2.75, 3.05) is 6.54 Å². The Kier molecular flexibility index (Phi) is 4.98. The maximum absolute atomic E-state index is 13.7. The number of aromatic nitrogens is 1. The van der Waals surface area contributed by atoms with Gasteiger partial charge in [-0.05, 0) is 71.7 Å². The Balaban J connectivity index is 1.47. The standard InChI is InChI=1S/C25H23ClN4O/c26-22-8-2-6-19(15-22)18-5-1-7-21(14-18)25(20-9-10-20)23(31)30(24(27)29-25)13-11-17-4-3-12-28-16-17/h1-8,12,14-16,20H,9-11,13H2,(H2,27,29). The van der Waals surface area contributed by atoms with Crippen LogP contribution in [0.15, 0.2) is 73.1 Å². The van der Waals surface area contributed by atoms with Gasteiger partial charge in [0.05, 0.1) is 0 Å². The highest BCUT2D eigenvalue weighted by atomic mass is 35.5. The first-order valence-corrected chi connectivity index (χ1v) is 10.9. The largest absolute Gasteiger partial charge is 0.338 e. The van der Waals surface area contributed by atoms with Crippen molar-refractivity contribution in [2.45, 2.75) is 24.8 Å². The van der Waals surface area contributed by atoms with Gasteiger partial charge in [-0.25, -0.2) is 0 Å². The van der Waals surface area contributed by atoms with Crippen LogP contribution in [0.5, 0.6) is 0 Å². The Hall–Kier alpha value is -3.18. The molecule has 0 spiro atoms. The fraction of sp³-hybridized carbons (Fsp3) is 0.240. The number of nitrogens with zero attached hydrogens (tertiary/aromatic N) is 2. The molecule has 1 atom stereocenters. The topological polar surface area (TPSA) is 69.1 Å². The second kappa shape index (κ2) is 7.82. The third-order valence-corrected chi connectivity index (χ3v) is 6.42. The molecule has 5 rings (SSSR count). The molecule has 1 amide bonds. The predicted octanol–water partition coefficient (Wildman–Crippen LogP) is 4.62. The van der Waals surface area contributed by atoms with Crippen molar-refractivity contribution in [3.8, 4) is 11.1 Å². The lowest BCUT2D eigenvalue weighted by Gasteiger charge is -2.28. The Bertz CT molecular complexity index is 1150. The van der Waals surface area contributed by atoms with Crippen molar-refractivity contribution >= 4 is 23.5 Å². The van der Waals surface area contributed by atoms with Crippen LogP contribution < -0.4 is 5.32 Å². The molecule has 1 aliphatic carbocycles. The highest BCUT2D eigenvalue weighted by Crippen LogP contribution is 2.49. The number of hydrogen-bond acceptors (Lipinski definition) is 3. The van der Waals surface area contributed by atoms with Gasteiger partial charge in [0, 0.05) is 24.0 Å². The minimum absolute atomic E-state index is 0.0351. The zero-order valence-corrected chi connectivity index (χ0v) is 17.8. The number of rotatable bonds is 6. The Morgan fingerprint density at radius 3 is 2.58 bits per heavy atom. The summed E-state index contributed by atoms with van der Waals surface area (Å²) < 4.78 is 0. The first-order chi connectivity index (χ1) is 15.1. The molecule has 1 aromatic heterocycles. The molecular formula is C25H23ClN4O. The van der Waals surface area contributed by atoms with Crippen LogP contribution in [0.3, 0.4) is 0 Å². The van der Waals surface area contributed by atoms with Crippen molar-refractivity contribution in [2.24, 2.45) is 5.92 Å². The zero-order chi connectivity index (χ0) is 21.4. The molecule has 2 N–H and O–H groups in total. The number of amides is 1. The molecule has 2 aromatic carbocycles. The summed E-state index contributed by atoms with van der Waals surface area (Å²) in [5.74, 6) is 0.333. The summed E-state index contributed by atoms with van der Waals surface area (Å²) in [5.41, 5.74) is 3.10. The van der Waals surface area contributed by atoms with Gasteiger partial charge in [-0.1, -0.05) is 48.0 Å². The summed E-state index contributed by atoms with van der Waals surface area (Å²) in [6.45, 7) is 0.457. The van der Waals surface area contributed by atoms with Gasteiger partial charge in [0.25, 0.3) is 5.91 Å². The monoisotopic (exact) mass is 430 g/mol. The van der Waals surface area contributed by atoms with Crippen LogP contribution in [-0.2, 0) is 16.8 Å². The van der Waals surface area contributed by atoms with Gasteiger partial charge in [-0.3, -0.25) is 20.1 Å². The molecule has 0 radical (unpaired) electrons. The van der Waals surface area contributed by atoms with Crippen LogP contribution in [0.25, 0.3) is 11.1 Å². The average Bonchev–Trinajstić information content (AvgIpc) is 3.60. The van der Waals surface area contributed by atoms with E-state index in [4.69, 9.17) is 17.0 Å². The van der Waals surface area contributed by atoms with Gasteiger partial charge in [-0.2, -0.15) is 0 Å². The van der Waals surface area contributed by atoms with Crippen molar-refractivity contribution in [3.63, 3.8) is 0 Å². The third-order valence-electron chi connectivity index (χ3n) is 6.18. The van der Waals surface area contributed by atoms with Crippen molar-refractivity contribution in [1.82, 2.24) is 15.2 Å². The summed E-state index contributed by atoms with van der Waals surface area (Å²) in [5, 5.41) is 12.5. The van der Waals surface area contributed by atoms with E-state index >= 15 is 0 Å². The van der Waals surface area contributed by atoms with Crippen LogP contribution in [0.4, 0.5) is 0 Å². The number of carbonyl (C=O) groups is 1. The highest BCUT2D eigenvalue weighted by Gasteiger charge is 2.58. The lowest BCUT2D eigenvalue weighted by atomic mass is 9.83. The predicted molar refractivity (Wildman–Crippen MR) is 122 cm³/mol. The number of carbonyl (C=O) groups excluding carboxylic acids is 1. The van der Waals surface area contributed by atoms with Crippen LogP contribution in [-0.4, -0.2) is 28.3 Å². The average molecular weight is 431 g/mol. The van der Waals surface area contributed by atoms with E-state index in [2.05, 4.69) is 16.4 Å². The third kappa shape index (κ3) is 3.59.